The zero-order valence-corrected chi connectivity index (χ0v) is 9.68. The number of halogens is 3. The number of hydrogen-bond acceptors (Lipinski definition) is 2. The van der Waals surface area contributed by atoms with Gasteiger partial charge in [-0.05, 0) is 24.3 Å². The van der Waals surface area contributed by atoms with E-state index in [4.69, 9.17) is 34.8 Å². The fraction of sp³-hybridized carbons (Fsp3) is 0. The van der Waals surface area contributed by atoms with Crippen molar-refractivity contribution in [3.63, 3.8) is 0 Å². The van der Waals surface area contributed by atoms with Crippen LogP contribution in [0.3, 0.4) is 0 Å². The second-order valence-corrected chi connectivity index (χ2v) is 4.03. The highest BCUT2D eigenvalue weighted by molar-refractivity contribution is 6.42. The summed E-state index contributed by atoms with van der Waals surface area (Å²) < 4.78 is 0. The molecule has 0 saturated carbocycles. The summed E-state index contributed by atoms with van der Waals surface area (Å²) in [4.78, 5) is 8.15. The van der Waals surface area contributed by atoms with E-state index in [9.17, 15) is 0 Å². The highest BCUT2D eigenvalue weighted by Crippen LogP contribution is 2.26. The van der Waals surface area contributed by atoms with E-state index >= 15 is 0 Å². The van der Waals surface area contributed by atoms with E-state index in [0.717, 1.165) is 5.56 Å². The molecule has 5 heteroatoms. The molecule has 0 amide bonds. The quantitative estimate of drug-likeness (QED) is 0.721. The van der Waals surface area contributed by atoms with E-state index in [2.05, 4.69) is 9.97 Å². The molecule has 1 aromatic carbocycles. The third kappa shape index (κ3) is 2.40. The van der Waals surface area contributed by atoms with Crippen molar-refractivity contribution in [1.82, 2.24) is 9.97 Å². The van der Waals surface area contributed by atoms with Crippen molar-refractivity contribution in [2.75, 3.05) is 0 Å². The fourth-order valence-corrected chi connectivity index (χ4v) is 1.55. The lowest BCUT2D eigenvalue weighted by Crippen LogP contribution is -1.88. The van der Waals surface area contributed by atoms with Gasteiger partial charge in [-0.1, -0.05) is 34.8 Å². The molecular weight excluding hydrogens is 254 g/mol. The Hall–Kier alpha value is -0.830. The summed E-state index contributed by atoms with van der Waals surface area (Å²) in [7, 11) is 0. The highest BCUT2D eigenvalue weighted by atomic mass is 35.5. The number of hydrogen-bond donors (Lipinski definition) is 0. The van der Waals surface area contributed by atoms with Gasteiger partial charge in [0.2, 0.25) is 0 Å². The Labute approximate surface area is 102 Å². The second kappa shape index (κ2) is 4.35. The molecule has 1 heterocycles. The molecule has 0 aliphatic rings. The van der Waals surface area contributed by atoms with Gasteiger partial charge in [0.15, 0.2) is 5.82 Å². The number of aromatic nitrogens is 2. The van der Waals surface area contributed by atoms with E-state index in [1.807, 2.05) is 0 Å². The molecule has 0 unspecified atom stereocenters. The van der Waals surface area contributed by atoms with Gasteiger partial charge in [0.05, 0.1) is 10.0 Å². The number of rotatable bonds is 1. The zero-order chi connectivity index (χ0) is 10.8. The molecule has 2 aromatic rings. The van der Waals surface area contributed by atoms with E-state index in [1.165, 1.54) is 0 Å². The topological polar surface area (TPSA) is 25.8 Å². The predicted molar refractivity (Wildman–Crippen MR) is 62.5 cm³/mol. The van der Waals surface area contributed by atoms with Gasteiger partial charge in [-0.3, -0.25) is 0 Å². The lowest BCUT2D eigenvalue weighted by molar-refractivity contribution is 1.18. The van der Waals surface area contributed by atoms with Crippen molar-refractivity contribution in [3.05, 3.63) is 45.7 Å². The first-order chi connectivity index (χ1) is 7.16. The predicted octanol–water partition coefficient (Wildman–Crippen LogP) is 4.10. The van der Waals surface area contributed by atoms with Crippen molar-refractivity contribution in [1.29, 1.82) is 0 Å². The molecule has 2 rings (SSSR count). The molecule has 2 nitrogen and oxygen atoms in total. The Balaban J connectivity index is 2.50. The van der Waals surface area contributed by atoms with Gasteiger partial charge in [0.25, 0.3) is 0 Å². The van der Waals surface area contributed by atoms with Crippen LogP contribution in [0.15, 0.2) is 30.5 Å². The second-order valence-electron chi connectivity index (χ2n) is 2.83. The minimum absolute atomic E-state index is 0.395. The van der Waals surface area contributed by atoms with Crippen molar-refractivity contribution >= 4 is 34.8 Å². The van der Waals surface area contributed by atoms with Crippen LogP contribution in [0.1, 0.15) is 0 Å². The molecule has 0 radical (unpaired) electrons. The summed E-state index contributed by atoms with van der Waals surface area (Å²) in [6, 6.07) is 6.81. The molecule has 15 heavy (non-hydrogen) atoms. The normalized spacial score (nSPS) is 10.3. The minimum atomic E-state index is 0.395. The van der Waals surface area contributed by atoms with Gasteiger partial charge in [-0.15, -0.1) is 0 Å². The molecule has 0 bridgehead atoms. The molecule has 0 atom stereocenters. The van der Waals surface area contributed by atoms with Gasteiger partial charge in [0.1, 0.15) is 5.15 Å². The Kier molecular flexibility index (Phi) is 3.10. The summed E-state index contributed by atoms with van der Waals surface area (Å²) in [6.07, 6.45) is 1.59. The third-order valence-corrected chi connectivity index (χ3v) is 2.75. The molecule has 0 aliphatic carbocycles. The van der Waals surface area contributed by atoms with Crippen LogP contribution in [-0.4, -0.2) is 9.97 Å². The SMILES string of the molecule is Clc1ccnc(-c2ccc(Cl)c(Cl)c2)n1. The fourth-order valence-electron chi connectivity index (χ4n) is 1.11. The first-order valence-electron chi connectivity index (χ1n) is 4.11. The van der Waals surface area contributed by atoms with Crippen molar-refractivity contribution in [2.45, 2.75) is 0 Å². The van der Waals surface area contributed by atoms with Crippen LogP contribution in [0.5, 0.6) is 0 Å². The summed E-state index contributed by atoms with van der Waals surface area (Å²) in [5, 5.41) is 1.37. The van der Waals surface area contributed by atoms with Gasteiger partial charge in [-0.25, -0.2) is 9.97 Å². The molecule has 76 valence electrons. The molecule has 0 N–H and O–H groups in total. The van der Waals surface area contributed by atoms with E-state index in [1.54, 1.807) is 30.5 Å². The van der Waals surface area contributed by atoms with Gasteiger partial charge in [0, 0.05) is 11.8 Å². The summed E-state index contributed by atoms with van der Waals surface area (Å²) >= 11 is 17.4. The minimum Gasteiger partial charge on any atom is -0.236 e. The number of benzene rings is 1. The Morgan fingerprint density at radius 2 is 1.73 bits per heavy atom. The average Bonchev–Trinajstić information content (AvgIpc) is 2.22. The molecule has 0 aliphatic heterocycles. The standard InChI is InChI=1S/C10H5Cl3N2/c11-7-2-1-6(5-8(7)12)10-14-4-3-9(13)15-10/h1-5H. The molecule has 1 aromatic heterocycles. The van der Waals surface area contributed by atoms with Crippen LogP contribution in [-0.2, 0) is 0 Å². The van der Waals surface area contributed by atoms with Gasteiger partial charge < -0.3 is 0 Å². The van der Waals surface area contributed by atoms with Crippen LogP contribution in [0, 0.1) is 0 Å². The maximum Gasteiger partial charge on any atom is 0.160 e. The number of nitrogens with zero attached hydrogens (tertiary/aromatic N) is 2. The first-order valence-corrected chi connectivity index (χ1v) is 5.24. The smallest absolute Gasteiger partial charge is 0.160 e. The highest BCUT2D eigenvalue weighted by Gasteiger charge is 2.04. The van der Waals surface area contributed by atoms with E-state index in [0.29, 0.717) is 21.0 Å². The average molecular weight is 260 g/mol. The van der Waals surface area contributed by atoms with E-state index < -0.39 is 0 Å². The molecular formula is C10H5Cl3N2. The monoisotopic (exact) mass is 258 g/mol. The lowest BCUT2D eigenvalue weighted by atomic mass is 10.2. The van der Waals surface area contributed by atoms with Crippen LogP contribution < -0.4 is 0 Å². The largest absolute Gasteiger partial charge is 0.236 e. The van der Waals surface area contributed by atoms with E-state index in [-0.39, 0.29) is 0 Å². The maximum atomic E-state index is 5.88. The third-order valence-electron chi connectivity index (χ3n) is 1.80. The lowest BCUT2D eigenvalue weighted by Gasteiger charge is -2.01. The summed E-state index contributed by atoms with van der Waals surface area (Å²) in [5.74, 6) is 0.529. The molecule has 0 saturated heterocycles. The van der Waals surface area contributed by atoms with Crippen LogP contribution in [0.4, 0.5) is 0 Å². The Morgan fingerprint density at radius 3 is 2.40 bits per heavy atom. The summed E-state index contributed by atoms with van der Waals surface area (Å²) in [5.41, 5.74) is 0.784. The van der Waals surface area contributed by atoms with Crippen molar-refractivity contribution in [2.24, 2.45) is 0 Å². The Morgan fingerprint density at radius 1 is 0.933 bits per heavy atom. The maximum absolute atomic E-state index is 5.88. The summed E-state index contributed by atoms with van der Waals surface area (Å²) in [6.45, 7) is 0. The van der Waals surface area contributed by atoms with Gasteiger partial charge in [-0.2, -0.15) is 0 Å². The molecule has 0 spiro atoms. The van der Waals surface area contributed by atoms with Crippen LogP contribution in [0.25, 0.3) is 11.4 Å². The van der Waals surface area contributed by atoms with Crippen LogP contribution in [0.2, 0.25) is 15.2 Å². The Bertz CT molecular complexity index is 500. The van der Waals surface area contributed by atoms with Crippen LogP contribution >= 0.6 is 34.8 Å². The van der Waals surface area contributed by atoms with Crippen molar-refractivity contribution in [3.8, 4) is 11.4 Å². The molecule has 0 fully saturated rings. The zero-order valence-electron chi connectivity index (χ0n) is 7.42. The van der Waals surface area contributed by atoms with Crippen molar-refractivity contribution < 1.29 is 0 Å². The van der Waals surface area contributed by atoms with Gasteiger partial charge >= 0.3 is 0 Å². The first kappa shape index (κ1) is 10.7.